The molecule has 0 atom stereocenters. The predicted octanol–water partition coefficient (Wildman–Crippen LogP) is 5.59. The molecule has 0 aliphatic carbocycles. The first-order valence-corrected chi connectivity index (χ1v) is 10.9. The van der Waals surface area contributed by atoms with Gasteiger partial charge >= 0.3 is 5.97 Å². The van der Waals surface area contributed by atoms with Crippen molar-refractivity contribution in [2.45, 2.75) is 32.4 Å². The Morgan fingerprint density at radius 2 is 2.06 bits per heavy atom. The zero-order valence-corrected chi connectivity index (χ0v) is 18.6. The minimum Gasteiger partial charge on any atom is -0.489 e. The summed E-state index contributed by atoms with van der Waals surface area (Å²) >= 11 is 11.9. The third-order valence-corrected chi connectivity index (χ3v) is 5.97. The normalized spacial score (nSPS) is 13.7. The van der Waals surface area contributed by atoms with Crippen LogP contribution in [0.5, 0.6) is 5.75 Å². The minimum atomic E-state index is -0.800. The quantitative estimate of drug-likeness (QED) is 0.454. The van der Waals surface area contributed by atoms with E-state index in [0.29, 0.717) is 41.7 Å². The van der Waals surface area contributed by atoms with Gasteiger partial charge in [-0.3, -0.25) is 9.69 Å². The van der Waals surface area contributed by atoms with Crippen LogP contribution in [0, 0.1) is 5.82 Å². The summed E-state index contributed by atoms with van der Waals surface area (Å²) in [6.07, 6.45) is 1.37. The highest BCUT2D eigenvalue weighted by Gasteiger charge is 2.24. The maximum atomic E-state index is 14.8. The molecule has 0 radical (unpaired) electrons. The highest BCUT2D eigenvalue weighted by molar-refractivity contribution is 6.42. The SMILES string of the molecule is O=C(O)CCCN1CCc2oc(-c3ccc(OCc4ccc(Cl)c(Cl)c4)cc3F)nc2C1. The molecule has 0 fully saturated rings. The Labute approximate surface area is 194 Å². The van der Waals surface area contributed by atoms with Crippen molar-refractivity contribution in [1.82, 2.24) is 9.88 Å². The second-order valence-corrected chi connectivity index (χ2v) is 8.41. The van der Waals surface area contributed by atoms with E-state index < -0.39 is 11.8 Å². The summed E-state index contributed by atoms with van der Waals surface area (Å²) in [6.45, 7) is 2.21. The monoisotopic (exact) mass is 478 g/mol. The predicted molar refractivity (Wildman–Crippen MR) is 119 cm³/mol. The van der Waals surface area contributed by atoms with Crippen molar-refractivity contribution in [2.75, 3.05) is 13.1 Å². The molecule has 6 nitrogen and oxygen atoms in total. The molecule has 0 spiro atoms. The van der Waals surface area contributed by atoms with E-state index in [1.165, 1.54) is 6.07 Å². The van der Waals surface area contributed by atoms with Crippen molar-refractivity contribution in [3.63, 3.8) is 0 Å². The molecular formula is C23H21Cl2FN2O4. The van der Waals surface area contributed by atoms with Crippen LogP contribution in [0.1, 0.15) is 29.9 Å². The van der Waals surface area contributed by atoms with Gasteiger partial charge in [-0.25, -0.2) is 9.37 Å². The molecular weight excluding hydrogens is 458 g/mol. The number of hydrogen-bond acceptors (Lipinski definition) is 5. The standard InChI is InChI=1S/C23H21Cl2FN2O4/c24-17-6-3-14(10-18(17)25)13-31-15-4-5-16(19(26)11-15)23-27-20-12-28(8-1-2-22(29)30)9-7-21(20)32-23/h3-6,10-11H,1-2,7-9,12-13H2,(H,29,30). The first kappa shape index (κ1) is 22.6. The van der Waals surface area contributed by atoms with Crippen molar-refractivity contribution in [3.8, 4) is 17.2 Å². The van der Waals surface area contributed by atoms with Gasteiger partial charge in [-0.2, -0.15) is 0 Å². The van der Waals surface area contributed by atoms with Crippen LogP contribution in [0.25, 0.3) is 11.5 Å². The number of ether oxygens (including phenoxy) is 1. The summed E-state index contributed by atoms with van der Waals surface area (Å²) in [5.41, 5.74) is 1.84. The van der Waals surface area contributed by atoms with E-state index in [4.69, 9.17) is 37.5 Å². The molecule has 0 amide bonds. The summed E-state index contributed by atoms with van der Waals surface area (Å²) in [7, 11) is 0. The Bertz CT molecular complexity index is 1140. The van der Waals surface area contributed by atoms with Crippen molar-refractivity contribution in [2.24, 2.45) is 0 Å². The minimum absolute atomic E-state index is 0.137. The van der Waals surface area contributed by atoms with Crippen molar-refractivity contribution in [1.29, 1.82) is 0 Å². The number of hydrogen-bond donors (Lipinski definition) is 1. The summed E-state index contributed by atoms with van der Waals surface area (Å²) in [5, 5.41) is 9.68. The van der Waals surface area contributed by atoms with Gasteiger partial charge in [-0.05, 0) is 42.8 Å². The fourth-order valence-corrected chi connectivity index (χ4v) is 3.89. The van der Waals surface area contributed by atoms with Crippen LogP contribution in [0.3, 0.4) is 0 Å². The number of benzene rings is 2. The lowest BCUT2D eigenvalue weighted by molar-refractivity contribution is -0.137. The summed E-state index contributed by atoms with van der Waals surface area (Å²) < 4.78 is 26.3. The Kier molecular flexibility index (Phi) is 6.98. The second-order valence-electron chi connectivity index (χ2n) is 7.59. The number of aromatic nitrogens is 1. The molecule has 1 aromatic heterocycles. The molecule has 0 saturated heterocycles. The van der Waals surface area contributed by atoms with Gasteiger partial charge in [0, 0.05) is 32.0 Å². The number of rotatable bonds is 8. The van der Waals surface area contributed by atoms with Crippen LogP contribution in [0.4, 0.5) is 4.39 Å². The van der Waals surface area contributed by atoms with Crippen LogP contribution in [-0.2, 0) is 24.4 Å². The van der Waals surface area contributed by atoms with Gasteiger partial charge in [-0.15, -0.1) is 0 Å². The molecule has 2 heterocycles. The molecule has 0 bridgehead atoms. The number of carbonyl (C=O) groups is 1. The molecule has 0 unspecified atom stereocenters. The van der Waals surface area contributed by atoms with Crippen molar-refractivity contribution >= 4 is 29.2 Å². The van der Waals surface area contributed by atoms with Gasteiger partial charge in [0.2, 0.25) is 5.89 Å². The molecule has 0 saturated carbocycles. The van der Waals surface area contributed by atoms with E-state index >= 15 is 0 Å². The van der Waals surface area contributed by atoms with E-state index in [1.54, 1.807) is 30.3 Å². The topological polar surface area (TPSA) is 75.8 Å². The fraction of sp³-hybridized carbons (Fsp3) is 0.304. The van der Waals surface area contributed by atoms with Gasteiger partial charge in [0.15, 0.2) is 0 Å². The van der Waals surface area contributed by atoms with Crippen LogP contribution >= 0.6 is 23.2 Å². The fourth-order valence-electron chi connectivity index (χ4n) is 3.57. The second kappa shape index (κ2) is 9.90. The molecule has 9 heteroatoms. The van der Waals surface area contributed by atoms with Crippen molar-refractivity contribution in [3.05, 3.63) is 69.3 Å². The molecule has 4 rings (SSSR count). The van der Waals surface area contributed by atoms with Gasteiger partial charge in [0.1, 0.15) is 23.9 Å². The number of fused-ring (bicyclic) bond motifs is 1. The van der Waals surface area contributed by atoms with E-state index in [2.05, 4.69) is 9.88 Å². The summed E-state index contributed by atoms with van der Waals surface area (Å²) in [6, 6.07) is 9.73. The van der Waals surface area contributed by atoms with Gasteiger partial charge in [0.25, 0.3) is 0 Å². The number of halogens is 3. The first-order valence-electron chi connectivity index (χ1n) is 10.2. The molecule has 1 N–H and O–H groups in total. The highest BCUT2D eigenvalue weighted by Crippen LogP contribution is 2.30. The average molecular weight is 479 g/mol. The number of carboxylic acid groups (broad SMARTS) is 1. The molecule has 1 aliphatic heterocycles. The van der Waals surface area contributed by atoms with E-state index in [0.717, 1.165) is 23.6 Å². The van der Waals surface area contributed by atoms with E-state index in [9.17, 15) is 9.18 Å². The van der Waals surface area contributed by atoms with Crippen LogP contribution < -0.4 is 4.74 Å². The molecule has 1 aliphatic rings. The summed E-state index contributed by atoms with van der Waals surface area (Å²) in [5.74, 6) is 0.0582. The largest absolute Gasteiger partial charge is 0.489 e. The lowest BCUT2D eigenvalue weighted by Gasteiger charge is -2.24. The lowest BCUT2D eigenvalue weighted by Crippen LogP contribution is -2.31. The Hall–Kier alpha value is -2.61. The maximum absolute atomic E-state index is 14.8. The molecule has 2 aromatic carbocycles. The Morgan fingerprint density at radius 3 is 2.81 bits per heavy atom. The van der Waals surface area contributed by atoms with E-state index in [1.807, 2.05) is 0 Å². The summed E-state index contributed by atoms with van der Waals surface area (Å²) in [4.78, 5) is 17.3. The molecule has 168 valence electrons. The molecule has 32 heavy (non-hydrogen) atoms. The van der Waals surface area contributed by atoms with Gasteiger partial charge < -0.3 is 14.3 Å². The van der Waals surface area contributed by atoms with Gasteiger partial charge in [0.05, 0.1) is 21.3 Å². The van der Waals surface area contributed by atoms with Gasteiger partial charge in [-0.1, -0.05) is 29.3 Å². The average Bonchev–Trinajstić information content (AvgIpc) is 3.17. The molecule has 3 aromatic rings. The number of carboxylic acids is 1. The van der Waals surface area contributed by atoms with E-state index in [-0.39, 0.29) is 24.5 Å². The number of oxazole rings is 1. The van der Waals surface area contributed by atoms with Crippen LogP contribution in [0.15, 0.2) is 40.8 Å². The first-order chi connectivity index (χ1) is 15.4. The van der Waals surface area contributed by atoms with Crippen LogP contribution in [0.2, 0.25) is 10.0 Å². The smallest absolute Gasteiger partial charge is 0.303 e. The zero-order valence-electron chi connectivity index (χ0n) is 17.1. The third-order valence-electron chi connectivity index (χ3n) is 5.23. The third kappa shape index (κ3) is 5.41. The lowest BCUT2D eigenvalue weighted by atomic mass is 10.1. The zero-order chi connectivity index (χ0) is 22.7. The van der Waals surface area contributed by atoms with Crippen LogP contribution in [-0.4, -0.2) is 34.0 Å². The Morgan fingerprint density at radius 1 is 1.22 bits per heavy atom. The highest BCUT2D eigenvalue weighted by atomic mass is 35.5. The number of nitrogens with zero attached hydrogens (tertiary/aromatic N) is 2. The Balaban J connectivity index is 1.41. The maximum Gasteiger partial charge on any atom is 0.303 e. The number of aliphatic carboxylic acids is 1. The van der Waals surface area contributed by atoms with Crippen molar-refractivity contribution < 1.29 is 23.4 Å².